The second-order valence-corrected chi connectivity index (χ2v) is 8.25. The molecule has 1 aliphatic rings. The van der Waals surface area contributed by atoms with Gasteiger partial charge in [-0.1, -0.05) is 11.6 Å². The van der Waals surface area contributed by atoms with Crippen LogP contribution >= 0.6 is 11.6 Å². The highest BCUT2D eigenvalue weighted by Gasteiger charge is 2.29. The van der Waals surface area contributed by atoms with Crippen LogP contribution in [-0.2, 0) is 10.0 Å². The molecule has 132 valence electrons. The van der Waals surface area contributed by atoms with Crippen molar-refractivity contribution in [2.24, 2.45) is 0 Å². The Bertz CT molecular complexity index is 926. The van der Waals surface area contributed by atoms with E-state index in [-0.39, 0.29) is 22.3 Å². The number of carbonyl (C=O) groups is 1. The van der Waals surface area contributed by atoms with Crippen LogP contribution < -0.4 is 9.62 Å². The van der Waals surface area contributed by atoms with E-state index < -0.39 is 15.9 Å². The number of rotatable bonds is 3. The van der Waals surface area contributed by atoms with Gasteiger partial charge in [-0.15, -0.1) is 0 Å². The second-order valence-electron chi connectivity index (χ2n) is 5.83. The van der Waals surface area contributed by atoms with Crippen LogP contribution in [-0.4, -0.2) is 36.6 Å². The molecule has 0 spiro atoms. The molecule has 1 saturated heterocycles. The molecular weight excluding hydrogens is 364 g/mol. The lowest BCUT2D eigenvalue weighted by molar-refractivity contribution is 0.102. The number of benzene rings is 1. The van der Waals surface area contributed by atoms with Crippen LogP contribution in [0.5, 0.6) is 0 Å². The van der Waals surface area contributed by atoms with Gasteiger partial charge in [-0.25, -0.2) is 18.4 Å². The molecule has 1 aromatic carbocycles. The molecule has 0 aliphatic carbocycles. The summed E-state index contributed by atoms with van der Waals surface area (Å²) in [5.41, 5.74) is 2.05. The summed E-state index contributed by atoms with van der Waals surface area (Å²) in [6.45, 7) is 4.00. The lowest BCUT2D eigenvalue weighted by atomic mass is 10.2. The van der Waals surface area contributed by atoms with Gasteiger partial charge in [0, 0.05) is 17.9 Å². The summed E-state index contributed by atoms with van der Waals surface area (Å²) in [4.78, 5) is 20.9. The molecule has 1 aliphatic heterocycles. The van der Waals surface area contributed by atoms with Crippen LogP contribution in [0.4, 0.5) is 11.6 Å². The van der Waals surface area contributed by atoms with Crippen LogP contribution in [0.1, 0.15) is 28.2 Å². The van der Waals surface area contributed by atoms with Gasteiger partial charge >= 0.3 is 0 Å². The van der Waals surface area contributed by atoms with Crippen LogP contribution in [0.25, 0.3) is 0 Å². The molecule has 3 rings (SSSR count). The largest absolute Gasteiger partial charge is 0.290 e. The quantitative estimate of drug-likeness (QED) is 0.883. The van der Waals surface area contributed by atoms with E-state index in [4.69, 9.17) is 11.6 Å². The third-order valence-corrected chi connectivity index (χ3v) is 5.99. The van der Waals surface area contributed by atoms with Crippen molar-refractivity contribution in [3.8, 4) is 0 Å². The number of hydrogen-bond acceptors (Lipinski definition) is 5. The zero-order valence-electron chi connectivity index (χ0n) is 13.8. The van der Waals surface area contributed by atoms with Crippen LogP contribution in [0, 0.1) is 13.8 Å². The fraction of sp³-hybridized carbons (Fsp3) is 0.312. The van der Waals surface area contributed by atoms with Crippen molar-refractivity contribution in [2.75, 3.05) is 21.9 Å². The lowest BCUT2D eigenvalue weighted by Crippen LogP contribution is -2.25. The summed E-state index contributed by atoms with van der Waals surface area (Å²) >= 11 is 6.13. The van der Waals surface area contributed by atoms with Gasteiger partial charge in [0.1, 0.15) is 0 Å². The Morgan fingerprint density at radius 2 is 1.88 bits per heavy atom. The first kappa shape index (κ1) is 17.6. The predicted octanol–water partition coefficient (Wildman–Crippen LogP) is 2.54. The standard InChI is InChI=1S/C16H17ClN4O3S/c1-10-8-11(2)19-16(18-10)20-15(22)13-9-12(4-5-14(13)17)21-6-3-7-25(21,23)24/h4-5,8-9H,3,6-7H2,1-2H3,(H,18,19,20,22). The molecule has 1 N–H and O–H groups in total. The number of nitrogens with zero attached hydrogens (tertiary/aromatic N) is 3. The highest BCUT2D eigenvalue weighted by Crippen LogP contribution is 2.28. The minimum absolute atomic E-state index is 0.105. The summed E-state index contributed by atoms with van der Waals surface area (Å²) in [6, 6.07) is 6.38. The van der Waals surface area contributed by atoms with Gasteiger partial charge in [0.25, 0.3) is 5.91 Å². The number of carbonyl (C=O) groups excluding carboxylic acids is 1. The zero-order chi connectivity index (χ0) is 18.2. The number of hydrogen-bond donors (Lipinski definition) is 1. The third kappa shape index (κ3) is 3.74. The topological polar surface area (TPSA) is 92.3 Å². The summed E-state index contributed by atoms with van der Waals surface area (Å²) in [5, 5.41) is 2.83. The maximum atomic E-state index is 12.5. The highest BCUT2D eigenvalue weighted by molar-refractivity contribution is 7.93. The molecule has 7 nitrogen and oxygen atoms in total. The van der Waals surface area contributed by atoms with Crippen LogP contribution in [0.15, 0.2) is 24.3 Å². The number of amides is 1. The first-order valence-electron chi connectivity index (χ1n) is 7.70. The molecule has 0 atom stereocenters. The summed E-state index contributed by atoms with van der Waals surface area (Å²) in [5.74, 6) is -0.209. The van der Waals surface area contributed by atoms with Gasteiger partial charge in [-0.3, -0.25) is 14.4 Å². The highest BCUT2D eigenvalue weighted by atomic mass is 35.5. The number of sulfonamides is 1. The smallest absolute Gasteiger partial charge is 0.259 e. The molecule has 0 bridgehead atoms. The molecule has 2 heterocycles. The van der Waals surface area contributed by atoms with E-state index in [1.807, 2.05) is 0 Å². The molecule has 0 saturated carbocycles. The van der Waals surface area contributed by atoms with Crippen molar-refractivity contribution in [3.05, 3.63) is 46.2 Å². The molecule has 0 radical (unpaired) electrons. The third-order valence-electron chi connectivity index (χ3n) is 3.79. The first-order chi connectivity index (χ1) is 11.8. The zero-order valence-corrected chi connectivity index (χ0v) is 15.4. The van der Waals surface area contributed by atoms with E-state index in [0.717, 1.165) is 11.4 Å². The van der Waals surface area contributed by atoms with E-state index >= 15 is 0 Å². The van der Waals surface area contributed by atoms with E-state index in [9.17, 15) is 13.2 Å². The molecule has 9 heteroatoms. The van der Waals surface area contributed by atoms with Crippen LogP contribution in [0.2, 0.25) is 5.02 Å². The van der Waals surface area contributed by atoms with Crippen molar-refractivity contribution in [2.45, 2.75) is 20.3 Å². The fourth-order valence-corrected chi connectivity index (χ4v) is 4.48. The van der Waals surface area contributed by atoms with Crippen molar-refractivity contribution < 1.29 is 13.2 Å². The Morgan fingerprint density at radius 1 is 1.20 bits per heavy atom. The van der Waals surface area contributed by atoms with Gasteiger partial charge in [0.2, 0.25) is 16.0 Å². The SMILES string of the molecule is Cc1cc(C)nc(NC(=O)c2cc(N3CCCS3(=O)=O)ccc2Cl)n1. The summed E-state index contributed by atoms with van der Waals surface area (Å²) in [7, 11) is -3.33. The number of nitrogens with one attached hydrogen (secondary N) is 1. The van der Waals surface area contributed by atoms with E-state index in [2.05, 4.69) is 15.3 Å². The van der Waals surface area contributed by atoms with Crippen LogP contribution in [0.3, 0.4) is 0 Å². The van der Waals surface area contributed by atoms with Crippen molar-refractivity contribution in [1.82, 2.24) is 9.97 Å². The summed E-state index contributed by atoms with van der Waals surface area (Å²) in [6.07, 6.45) is 0.558. The molecule has 1 amide bonds. The molecule has 1 aromatic heterocycles. The molecule has 1 fully saturated rings. The maximum absolute atomic E-state index is 12.5. The van der Waals surface area contributed by atoms with Gasteiger partial charge in [0.05, 0.1) is 22.0 Å². The Kier molecular flexibility index (Phi) is 4.66. The average Bonchev–Trinajstić information content (AvgIpc) is 2.86. The maximum Gasteiger partial charge on any atom is 0.259 e. The Hall–Kier alpha value is -2.19. The fourth-order valence-electron chi connectivity index (χ4n) is 2.72. The number of anilines is 2. The van der Waals surface area contributed by atoms with E-state index in [1.165, 1.54) is 16.4 Å². The minimum atomic E-state index is -3.33. The Labute approximate surface area is 151 Å². The monoisotopic (exact) mass is 380 g/mol. The number of aryl methyl sites for hydroxylation is 2. The normalized spacial score (nSPS) is 16.0. The van der Waals surface area contributed by atoms with Gasteiger partial charge < -0.3 is 0 Å². The molecule has 2 aromatic rings. The molecule has 0 unspecified atom stereocenters. The molecular formula is C16H17ClN4O3S. The molecule has 25 heavy (non-hydrogen) atoms. The number of aromatic nitrogens is 2. The van der Waals surface area contributed by atoms with E-state index in [0.29, 0.717) is 18.7 Å². The first-order valence-corrected chi connectivity index (χ1v) is 9.68. The Balaban J connectivity index is 1.91. The minimum Gasteiger partial charge on any atom is -0.290 e. The second kappa shape index (κ2) is 6.61. The summed E-state index contributed by atoms with van der Waals surface area (Å²) < 4.78 is 25.4. The van der Waals surface area contributed by atoms with Crippen molar-refractivity contribution in [1.29, 1.82) is 0 Å². The van der Waals surface area contributed by atoms with Gasteiger partial charge in [-0.2, -0.15) is 0 Å². The van der Waals surface area contributed by atoms with Crippen molar-refractivity contribution in [3.63, 3.8) is 0 Å². The van der Waals surface area contributed by atoms with Gasteiger partial charge in [0.15, 0.2) is 0 Å². The Morgan fingerprint density at radius 3 is 2.48 bits per heavy atom. The van der Waals surface area contributed by atoms with E-state index in [1.54, 1.807) is 26.0 Å². The van der Waals surface area contributed by atoms with Gasteiger partial charge in [-0.05, 0) is 44.5 Å². The predicted molar refractivity (Wildman–Crippen MR) is 96.7 cm³/mol. The number of halogens is 1. The lowest BCUT2D eigenvalue weighted by Gasteiger charge is -2.18. The average molecular weight is 381 g/mol. The van der Waals surface area contributed by atoms with Crippen molar-refractivity contribution >= 4 is 39.2 Å².